The lowest BCUT2D eigenvalue weighted by Crippen LogP contribution is -2.34. The molecule has 5 nitrogen and oxygen atoms in total. The topological polar surface area (TPSA) is 64.0 Å². The number of nitrogens with zero attached hydrogens (tertiary/aromatic N) is 2. The third-order valence-electron chi connectivity index (χ3n) is 3.91. The first-order valence-electron chi connectivity index (χ1n) is 7.74. The average molecular weight is 455 g/mol. The Morgan fingerprint density at radius 1 is 1.27 bits per heavy atom. The minimum atomic E-state index is -0.370. The third-order valence-corrected chi connectivity index (χ3v) is 4.94. The molecular formula is C18H14BrCl2N3O2. The quantitative estimate of drug-likeness (QED) is 0.637. The van der Waals surface area contributed by atoms with Crippen LogP contribution >= 0.6 is 39.1 Å². The number of carbonyl (C=O) groups is 1. The lowest BCUT2D eigenvalue weighted by atomic mass is 10.1. The molecule has 26 heavy (non-hydrogen) atoms. The van der Waals surface area contributed by atoms with E-state index in [2.05, 4.69) is 26.2 Å². The van der Waals surface area contributed by atoms with Crippen LogP contribution < -0.4 is 10.9 Å². The zero-order valence-corrected chi connectivity index (χ0v) is 16.8. The van der Waals surface area contributed by atoms with Crippen LogP contribution in [0.3, 0.4) is 0 Å². The molecule has 0 aliphatic carbocycles. The molecule has 0 bridgehead atoms. The molecule has 134 valence electrons. The van der Waals surface area contributed by atoms with Crippen LogP contribution in [0, 0.1) is 0 Å². The maximum absolute atomic E-state index is 12.6. The Hall–Kier alpha value is -1.89. The van der Waals surface area contributed by atoms with E-state index in [1.165, 1.54) is 23.0 Å². The number of aromatic nitrogens is 2. The molecule has 2 aromatic carbocycles. The van der Waals surface area contributed by atoms with Crippen molar-refractivity contribution in [1.82, 2.24) is 14.9 Å². The summed E-state index contributed by atoms with van der Waals surface area (Å²) in [6.45, 7) is 1.73. The number of hydrogen-bond donors (Lipinski definition) is 1. The fraction of sp³-hybridized carbons (Fsp3) is 0.167. The summed E-state index contributed by atoms with van der Waals surface area (Å²) in [5.74, 6) is -0.295. The first kappa shape index (κ1) is 18.9. The van der Waals surface area contributed by atoms with Gasteiger partial charge in [-0.15, -0.1) is 0 Å². The van der Waals surface area contributed by atoms with Gasteiger partial charge >= 0.3 is 0 Å². The van der Waals surface area contributed by atoms with Gasteiger partial charge in [0.2, 0.25) is 5.91 Å². The smallest absolute Gasteiger partial charge is 0.261 e. The summed E-state index contributed by atoms with van der Waals surface area (Å²) < 4.78 is 2.20. The fourth-order valence-electron chi connectivity index (χ4n) is 2.58. The van der Waals surface area contributed by atoms with Crippen LogP contribution in [0.4, 0.5) is 0 Å². The minimum absolute atomic E-state index is 0.146. The maximum atomic E-state index is 12.6. The van der Waals surface area contributed by atoms with Crippen LogP contribution in [-0.4, -0.2) is 15.5 Å². The lowest BCUT2D eigenvalue weighted by molar-refractivity contribution is -0.122. The number of rotatable bonds is 4. The Balaban J connectivity index is 1.80. The molecule has 1 heterocycles. The molecule has 3 aromatic rings. The van der Waals surface area contributed by atoms with Crippen LogP contribution in [0.15, 0.2) is 52.0 Å². The Labute approximate surface area is 168 Å². The SMILES string of the molecule is CC(NC(=O)Cn1cnc2c(Cl)cc(Cl)cc2c1=O)c1ccc(Br)cc1. The van der Waals surface area contributed by atoms with Gasteiger partial charge in [-0.05, 0) is 36.8 Å². The van der Waals surface area contributed by atoms with Crippen LogP contribution in [0.25, 0.3) is 10.9 Å². The van der Waals surface area contributed by atoms with Crippen molar-refractivity contribution in [3.8, 4) is 0 Å². The highest BCUT2D eigenvalue weighted by atomic mass is 79.9. The summed E-state index contributed by atoms with van der Waals surface area (Å²) in [4.78, 5) is 29.1. The number of hydrogen-bond acceptors (Lipinski definition) is 3. The first-order chi connectivity index (χ1) is 12.3. The second-order valence-electron chi connectivity index (χ2n) is 5.80. The molecule has 1 atom stereocenters. The number of benzene rings is 2. The zero-order chi connectivity index (χ0) is 18.8. The van der Waals surface area contributed by atoms with Gasteiger partial charge in [0.1, 0.15) is 6.54 Å². The second-order valence-corrected chi connectivity index (χ2v) is 7.56. The number of nitrogens with one attached hydrogen (secondary N) is 1. The van der Waals surface area contributed by atoms with Gasteiger partial charge in [0, 0.05) is 9.50 Å². The Morgan fingerprint density at radius 2 is 1.96 bits per heavy atom. The largest absolute Gasteiger partial charge is 0.348 e. The highest BCUT2D eigenvalue weighted by Gasteiger charge is 2.13. The number of carbonyl (C=O) groups excluding carboxylic acids is 1. The predicted molar refractivity (Wildman–Crippen MR) is 107 cm³/mol. The Kier molecular flexibility index (Phi) is 5.65. The van der Waals surface area contributed by atoms with E-state index in [0.29, 0.717) is 15.6 Å². The molecular weight excluding hydrogens is 441 g/mol. The first-order valence-corrected chi connectivity index (χ1v) is 9.29. The minimum Gasteiger partial charge on any atom is -0.348 e. The molecule has 0 aliphatic heterocycles. The van der Waals surface area contributed by atoms with Crippen molar-refractivity contribution < 1.29 is 4.79 Å². The predicted octanol–water partition coefficient (Wildman–Crippen LogP) is 4.34. The maximum Gasteiger partial charge on any atom is 0.261 e. The average Bonchev–Trinajstić information content (AvgIpc) is 2.58. The molecule has 1 unspecified atom stereocenters. The highest BCUT2D eigenvalue weighted by molar-refractivity contribution is 9.10. The summed E-state index contributed by atoms with van der Waals surface area (Å²) >= 11 is 15.4. The molecule has 0 saturated carbocycles. The summed E-state index contributed by atoms with van der Waals surface area (Å²) in [6, 6.07) is 10.5. The third kappa shape index (κ3) is 4.09. The number of fused-ring (bicyclic) bond motifs is 1. The normalized spacial score (nSPS) is 12.2. The van der Waals surface area contributed by atoms with Gasteiger partial charge in [-0.1, -0.05) is 51.3 Å². The van der Waals surface area contributed by atoms with E-state index in [4.69, 9.17) is 23.2 Å². The van der Waals surface area contributed by atoms with Gasteiger partial charge < -0.3 is 5.32 Å². The van der Waals surface area contributed by atoms with E-state index in [-0.39, 0.29) is 29.4 Å². The molecule has 0 aliphatic rings. The van der Waals surface area contributed by atoms with Crippen molar-refractivity contribution in [2.75, 3.05) is 0 Å². The van der Waals surface area contributed by atoms with Crippen molar-refractivity contribution in [2.24, 2.45) is 0 Å². The molecule has 1 aromatic heterocycles. The van der Waals surface area contributed by atoms with Crippen LogP contribution in [-0.2, 0) is 11.3 Å². The van der Waals surface area contributed by atoms with Gasteiger partial charge in [-0.2, -0.15) is 0 Å². The summed E-state index contributed by atoms with van der Waals surface area (Å²) in [7, 11) is 0. The van der Waals surface area contributed by atoms with Crippen LogP contribution in [0.1, 0.15) is 18.5 Å². The molecule has 0 saturated heterocycles. The molecule has 0 fully saturated rings. The molecule has 0 radical (unpaired) electrons. The van der Waals surface area contributed by atoms with Crippen molar-refractivity contribution >= 4 is 55.9 Å². The highest BCUT2D eigenvalue weighted by Crippen LogP contribution is 2.24. The summed E-state index contributed by atoms with van der Waals surface area (Å²) in [6.07, 6.45) is 1.31. The zero-order valence-electron chi connectivity index (χ0n) is 13.7. The van der Waals surface area contributed by atoms with Crippen molar-refractivity contribution in [1.29, 1.82) is 0 Å². The molecule has 1 amide bonds. The summed E-state index contributed by atoms with van der Waals surface area (Å²) in [5.41, 5.74) is 0.955. The van der Waals surface area contributed by atoms with Gasteiger partial charge in [0.05, 0.1) is 28.3 Å². The monoisotopic (exact) mass is 453 g/mol. The fourth-order valence-corrected chi connectivity index (χ4v) is 3.39. The van der Waals surface area contributed by atoms with E-state index < -0.39 is 0 Å². The van der Waals surface area contributed by atoms with E-state index in [0.717, 1.165) is 10.0 Å². The molecule has 1 N–H and O–H groups in total. The number of amides is 1. The van der Waals surface area contributed by atoms with Crippen molar-refractivity contribution in [3.05, 3.63) is 73.2 Å². The van der Waals surface area contributed by atoms with Gasteiger partial charge in [0.25, 0.3) is 5.56 Å². The number of halogens is 3. The lowest BCUT2D eigenvalue weighted by Gasteiger charge is -2.15. The van der Waals surface area contributed by atoms with E-state index in [1.807, 2.05) is 31.2 Å². The Bertz CT molecular complexity index is 1040. The van der Waals surface area contributed by atoms with Crippen LogP contribution in [0.2, 0.25) is 10.0 Å². The standard InChI is InChI=1S/C18H14BrCl2N3O2/c1-10(11-2-4-12(19)5-3-11)23-16(25)8-24-9-22-17-14(18(24)26)6-13(20)7-15(17)21/h2-7,9-10H,8H2,1H3,(H,23,25). The van der Waals surface area contributed by atoms with Crippen molar-refractivity contribution in [2.45, 2.75) is 19.5 Å². The summed E-state index contributed by atoms with van der Waals surface area (Å²) in [5, 5.41) is 3.78. The van der Waals surface area contributed by atoms with Crippen molar-refractivity contribution in [3.63, 3.8) is 0 Å². The molecule has 8 heteroatoms. The Morgan fingerprint density at radius 3 is 2.65 bits per heavy atom. The second kappa shape index (κ2) is 7.78. The molecule has 0 spiro atoms. The van der Waals surface area contributed by atoms with Gasteiger partial charge in [-0.25, -0.2) is 4.98 Å². The van der Waals surface area contributed by atoms with Crippen LogP contribution in [0.5, 0.6) is 0 Å². The van der Waals surface area contributed by atoms with Gasteiger partial charge in [-0.3, -0.25) is 14.2 Å². The van der Waals surface area contributed by atoms with E-state index >= 15 is 0 Å². The van der Waals surface area contributed by atoms with E-state index in [9.17, 15) is 9.59 Å². The van der Waals surface area contributed by atoms with Gasteiger partial charge in [0.15, 0.2) is 0 Å². The molecule has 3 rings (SSSR count). The van der Waals surface area contributed by atoms with E-state index in [1.54, 1.807) is 0 Å².